The van der Waals surface area contributed by atoms with Gasteiger partial charge in [-0.05, 0) is 61.9 Å². The predicted molar refractivity (Wildman–Crippen MR) is 133 cm³/mol. The van der Waals surface area contributed by atoms with Gasteiger partial charge in [-0.15, -0.1) is 0 Å². The zero-order valence-corrected chi connectivity index (χ0v) is 18.9. The number of aromatic nitrogens is 4. The van der Waals surface area contributed by atoms with Crippen LogP contribution in [0, 0.1) is 5.82 Å². The molecular formula is C27H25FN6. The molecule has 2 aliphatic rings. The first-order valence-corrected chi connectivity index (χ1v) is 11.6. The van der Waals surface area contributed by atoms with E-state index in [0.29, 0.717) is 17.3 Å². The van der Waals surface area contributed by atoms with Gasteiger partial charge in [0.15, 0.2) is 0 Å². The molecule has 6 rings (SSSR count). The Kier molecular flexibility index (Phi) is 4.79. The Bertz CT molecular complexity index is 1460. The quantitative estimate of drug-likeness (QED) is 0.430. The van der Waals surface area contributed by atoms with Gasteiger partial charge >= 0.3 is 0 Å². The maximum absolute atomic E-state index is 14.7. The van der Waals surface area contributed by atoms with Crippen LogP contribution in [0.2, 0.25) is 0 Å². The van der Waals surface area contributed by atoms with E-state index in [1.165, 1.54) is 6.07 Å². The zero-order valence-electron chi connectivity index (χ0n) is 18.9. The third-order valence-electron chi connectivity index (χ3n) is 6.93. The highest BCUT2D eigenvalue weighted by Gasteiger charge is 2.49. The summed E-state index contributed by atoms with van der Waals surface area (Å²) in [6, 6.07) is 11.3. The number of H-pyrrole nitrogens is 1. The minimum Gasteiger partial charge on any atom is -0.368 e. The first-order valence-electron chi connectivity index (χ1n) is 11.6. The molecule has 34 heavy (non-hydrogen) atoms. The van der Waals surface area contributed by atoms with Crippen molar-refractivity contribution in [2.24, 2.45) is 4.99 Å². The van der Waals surface area contributed by atoms with Gasteiger partial charge in [0.05, 0.1) is 11.4 Å². The number of aromatic amines is 1. The number of benzene rings is 1. The van der Waals surface area contributed by atoms with E-state index >= 15 is 0 Å². The lowest BCUT2D eigenvalue weighted by atomic mass is 9.91. The van der Waals surface area contributed by atoms with E-state index in [1.807, 2.05) is 36.8 Å². The number of hydrogen-bond acceptors (Lipinski definition) is 5. The van der Waals surface area contributed by atoms with Crippen LogP contribution in [0.3, 0.4) is 0 Å². The maximum atomic E-state index is 14.7. The molecule has 170 valence electrons. The molecule has 1 aliphatic carbocycles. The molecule has 0 radical (unpaired) electrons. The number of nitrogens with zero attached hydrogens (tertiary/aromatic N) is 4. The normalized spacial score (nSPS) is 19.1. The van der Waals surface area contributed by atoms with E-state index < -0.39 is 5.41 Å². The summed E-state index contributed by atoms with van der Waals surface area (Å²) in [6.07, 6.45) is 11.6. The average Bonchev–Trinajstić information content (AvgIpc) is 3.58. The van der Waals surface area contributed by atoms with Crippen LogP contribution in [0.1, 0.15) is 49.4 Å². The second kappa shape index (κ2) is 7.87. The summed E-state index contributed by atoms with van der Waals surface area (Å²) < 4.78 is 14.7. The molecule has 4 heterocycles. The van der Waals surface area contributed by atoms with Crippen molar-refractivity contribution in [2.75, 3.05) is 5.73 Å². The summed E-state index contributed by atoms with van der Waals surface area (Å²) >= 11 is 0. The Hall–Kier alpha value is -3.87. The number of aliphatic imine (C=N–C) groups is 1. The van der Waals surface area contributed by atoms with Crippen molar-refractivity contribution in [3.05, 3.63) is 77.5 Å². The van der Waals surface area contributed by atoms with Crippen LogP contribution < -0.4 is 5.73 Å². The Morgan fingerprint density at radius 1 is 1.15 bits per heavy atom. The van der Waals surface area contributed by atoms with Crippen LogP contribution in [0.25, 0.3) is 27.9 Å². The third kappa shape index (κ3) is 3.48. The zero-order chi connectivity index (χ0) is 23.3. The lowest BCUT2D eigenvalue weighted by molar-refractivity contribution is 0.591. The highest BCUT2D eigenvalue weighted by molar-refractivity contribution is 6.11. The molecule has 0 amide bonds. The van der Waals surface area contributed by atoms with Crippen molar-refractivity contribution in [3.8, 4) is 11.3 Å². The Labute approximate surface area is 196 Å². The minimum atomic E-state index is -0.453. The van der Waals surface area contributed by atoms with Crippen molar-refractivity contribution in [2.45, 2.75) is 44.1 Å². The topological polar surface area (TPSA) is 92.8 Å². The minimum absolute atomic E-state index is 0.182. The summed E-state index contributed by atoms with van der Waals surface area (Å²) in [4.78, 5) is 21.6. The van der Waals surface area contributed by atoms with E-state index in [1.54, 1.807) is 6.07 Å². The number of nitrogen functional groups attached to an aromatic ring is 1. The molecule has 1 aliphatic heterocycles. The standard InChI is InChI=1S/C27H25FN6/c1-16-5-4-6-17(13-30-16)18-11-19-20(15-32-25(19)31-14-18)23-12-24(34-26(29)33-23)27(9-10-27)21-7-2-3-8-22(21)28/h2-3,6-8,11-16H,4-5,9-10H2,1H3,(H,31,32)(H2,29,33,34). The van der Waals surface area contributed by atoms with Crippen LogP contribution in [0.4, 0.5) is 10.3 Å². The average molecular weight is 453 g/mol. The lowest BCUT2D eigenvalue weighted by Gasteiger charge is -2.17. The first-order chi connectivity index (χ1) is 16.5. The van der Waals surface area contributed by atoms with Crippen LogP contribution in [-0.4, -0.2) is 32.2 Å². The molecule has 6 nitrogen and oxygen atoms in total. The Balaban J connectivity index is 1.45. The molecule has 0 saturated heterocycles. The van der Waals surface area contributed by atoms with Crippen molar-refractivity contribution in [1.82, 2.24) is 19.9 Å². The van der Waals surface area contributed by atoms with E-state index in [9.17, 15) is 4.39 Å². The fraction of sp³-hybridized carbons (Fsp3) is 0.259. The summed E-state index contributed by atoms with van der Waals surface area (Å²) in [5.41, 5.74) is 11.6. The number of hydrogen-bond donors (Lipinski definition) is 2. The van der Waals surface area contributed by atoms with Gasteiger partial charge in [0, 0.05) is 46.6 Å². The second-order valence-corrected chi connectivity index (χ2v) is 9.25. The molecule has 4 aromatic rings. The Morgan fingerprint density at radius 3 is 2.82 bits per heavy atom. The van der Waals surface area contributed by atoms with Gasteiger partial charge < -0.3 is 10.7 Å². The van der Waals surface area contributed by atoms with Crippen molar-refractivity contribution >= 4 is 28.8 Å². The van der Waals surface area contributed by atoms with E-state index in [-0.39, 0.29) is 11.8 Å². The monoisotopic (exact) mass is 452 g/mol. The molecule has 1 atom stereocenters. The number of nitrogens with two attached hydrogens (primary N) is 1. The van der Waals surface area contributed by atoms with Crippen LogP contribution in [0.15, 0.2) is 59.9 Å². The Morgan fingerprint density at radius 2 is 2.00 bits per heavy atom. The number of allylic oxidation sites excluding steroid dienone is 2. The summed E-state index contributed by atoms with van der Waals surface area (Å²) in [7, 11) is 0. The molecule has 3 aromatic heterocycles. The van der Waals surface area contributed by atoms with E-state index in [2.05, 4.69) is 44.0 Å². The fourth-order valence-electron chi connectivity index (χ4n) is 4.87. The number of anilines is 1. The number of nitrogens with one attached hydrogen (secondary N) is 1. The SMILES string of the molecule is CC1CCC=C(c2cnc3[nH]cc(-c4cc(C5(c6ccccc6F)CC5)nc(N)n4)c3c2)C=N1. The number of pyridine rings is 1. The van der Waals surface area contributed by atoms with E-state index in [4.69, 9.17) is 5.73 Å². The summed E-state index contributed by atoms with van der Waals surface area (Å²) in [6.45, 7) is 2.13. The third-order valence-corrected chi connectivity index (χ3v) is 6.93. The van der Waals surface area contributed by atoms with Crippen molar-refractivity contribution in [3.63, 3.8) is 0 Å². The molecule has 0 spiro atoms. The largest absolute Gasteiger partial charge is 0.368 e. The molecule has 0 bridgehead atoms. The molecule has 7 heteroatoms. The van der Waals surface area contributed by atoms with Gasteiger partial charge in [0.2, 0.25) is 5.95 Å². The van der Waals surface area contributed by atoms with Gasteiger partial charge in [0.1, 0.15) is 11.5 Å². The number of fused-ring (bicyclic) bond motifs is 1. The predicted octanol–water partition coefficient (Wildman–Crippen LogP) is 5.46. The summed E-state index contributed by atoms with van der Waals surface area (Å²) in [5, 5.41) is 0.948. The van der Waals surface area contributed by atoms with Crippen molar-refractivity contribution < 1.29 is 4.39 Å². The molecule has 1 fully saturated rings. The van der Waals surface area contributed by atoms with Gasteiger partial charge in [-0.25, -0.2) is 19.3 Å². The highest BCUT2D eigenvalue weighted by atomic mass is 19.1. The summed E-state index contributed by atoms with van der Waals surface area (Å²) in [5.74, 6) is -0.0338. The second-order valence-electron chi connectivity index (χ2n) is 9.25. The smallest absolute Gasteiger partial charge is 0.220 e. The van der Waals surface area contributed by atoms with Gasteiger partial charge in [-0.2, -0.15) is 0 Å². The maximum Gasteiger partial charge on any atom is 0.220 e. The van der Waals surface area contributed by atoms with Gasteiger partial charge in [-0.3, -0.25) is 4.99 Å². The lowest BCUT2D eigenvalue weighted by Crippen LogP contribution is -2.15. The van der Waals surface area contributed by atoms with Crippen LogP contribution in [-0.2, 0) is 5.41 Å². The molecule has 1 aromatic carbocycles. The van der Waals surface area contributed by atoms with Gasteiger partial charge in [-0.1, -0.05) is 24.3 Å². The fourth-order valence-corrected chi connectivity index (χ4v) is 4.87. The van der Waals surface area contributed by atoms with Crippen LogP contribution in [0.5, 0.6) is 0 Å². The van der Waals surface area contributed by atoms with Crippen LogP contribution >= 0.6 is 0 Å². The first kappa shape index (κ1) is 20.7. The number of halogens is 1. The molecule has 1 unspecified atom stereocenters. The molecule has 3 N–H and O–H groups in total. The molecule has 1 saturated carbocycles. The molecular weight excluding hydrogens is 427 g/mol. The van der Waals surface area contributed by atoms with Gasteiger partial charge in [0.25, 0.3) is 0 Å². The highest BCUT2D eigenvalue weighted by Crippen LogP contribution is 2.54. The van der Waals surface area contributed by atoms with E-state index in [0.717, 1.165) is 59.1 Å². The van der Waals surface area contributed by atoms with Crippen molar-refractivity contribution in [1.29, 1.82) is 0 Å². The number of rotatable bonds is 4.